The highest BCUT2D eigenvalue weighted by atomic mass is 16.5. The molecule has 2 rings (SSSR count). The number of rotatable bonds is 5. The largest absolute Gasteiger partial charge is 0.493 e. The van der Waals surface area contributed by atoms with E-state index in [0.29, 0.717) is 29.5 Å². The summed E-state index contributed by atoms with van der Waals surface area (Å²) in [5, 5.41) is 3.01. The highest BCUT2D eigenvalue weighted by molar-refractivity contribution is 6.01. The summed E-state index contributed by atoms with van der Waals surface area (Å²) < 4.78 is 5.49. The number of anilines is 1. The predicted octanol–water partition coefficient (Wildman–Crippen LogP) is 2.98. The highest BCUT2D eigenvalue weighted by Crippen LogP contribution is 2.26. The molecule has 0 aromatic heterocycles. The van der Waals surface area contributed by atoms with E-state index >= 15 is 0 Å². The molecule has 1 saturated carbocycles. The molecular weight excluding hydrogens is 252 g/mol. The Morgan fingerprint density at radius 2 is 2.10 bits per heavy atom. The number of benzene rings is 1. The van der Waals surface area contributed by atoms with Crippen molar-refractivity contribution in [3.05, 3.63) is 23.8 Å². The summed E-state index contributed by atoms with van der Waals surface area (Å²) in [7, 11) is 0. The first-order valence-corrected chi connectivity index (χ1v) is 7.52. The van der Waals surface area contributed by atoms with Gasteiger partial charge in [-0.05, 0) is 37.8 Å². The van der Waals surface area contributed by atoms with Crippen LogP contribution >= 0.6 is 0 Å². The molecular formula is C16H24N2O2. The number of amides is 1. The predicted molar refractivity (Wildman–Crippen MR) is 80.9 cm³/mol. The van der Waals surface area contributed by atoms with Crippen molar-refractivity contribution < 1.29 is 9.53 Å². The van der Waals surface area contributed by atoms with Crippen LogP contribution in [0.25, 0.3) is 0 Å². The average molecular weight is 276 g/mol. The van der Waals surface area contributed by atoms with Crippen LogP contribution in [-0.2, 0) is 0 Å². The van der Waals surface area contributed by atoms with Crippen LogP contribution in [0.5, 0.6) is 5.75 Å². The van der Waals surface area contributed by atoms with Crippen LogP contribution in [0, 0.1) is 5.92 Å². The van der Waals surface area contributed by atoms with Gasteiger partial charge in [0.05, 0.1) is 6.61 Å². The maximum absolute atomic E-state index is 12.3. The second-order valence-electron chi connectivity index (χ2n) is 5.37. The monoisotopic (exact) mass is 276 g/mol. The Hall–Kier alpha value is -1.71. The van der Waals surface area contributed by atoms with Crippen LogP contribution in [0.15, 0.2) is 18.2 Å². The molecule has 1 aliphatic rings. The van der Waals surface area contributed by atoms with Gasteiger partial charge in [-0.15, -0.1) is 0 Å². The third kappa shape index (κ3) is 3.65. The zero-order valence-electron chi connectivity index (χ0n) is 12.2. The standard InChI is InChI=1S/C16H24N2O2/c1-2-20-14-10-6-9-13(17)15(14)16(19)18-11-12-7-4-3-5-8-12/h6,9-10,12H,2-5,7-8,11,17H2,1H3,(H,18,19). The molecule has 0 heterocycles. The van der Waals surface area contributed by atoms with Crippen molar-refractivity contribution in [1.29, 1.82) is 0 Å². The zero-order chi connectivity index (χ0) is 14.4. The molecule has 1 amide bonds. The van der Waals surface area contributed by atoms with Gasteiger partial charge in [0.15, 0.2) is 0 Å². The highest BCUT2D eigenvalue weighted by Gasteiger charge is 2.18. The van der Waals surface area contributed by atoms with Crippen LogP contribution in [0.1, 0.15) is 49.4 Å². The van der Waals surface area contributed by atoms with Crippen molar-refractivity contribution in [2.24, 2.45) is 5.92 Å². The van der Waals surface area contributed by atoms with Crippen molar-refractivity contribution >= 4 is 11.6 Å². The smallest absolute Gasteiger partial charge is 0.257 e. The van der Waals surface area contributed by atoms with E-state index in [9.17, 15) is 4.79 Å². The second-order valence-corrected chi connectivity index (χ2v) is 5.37. The third-order valence-electron chi connectivity index (χ3n) is 3.86. The Labute approximate surface area is 120 Å². The van der Waals surface area contributed by atoms with Gasteiger partial charge in [0.1, 0.15) is 11.3 Å². The second kappa shape index (κ2) is 7.17. The molecule has 0 bridgehead atoms. The lowest BCUT2D eigenvalue weighted by Crippen LogP contribution is -2.31. The third-order valence-corrected chi connectivity index (χ3v) is 3.86. The van der Waals surface area contributed by atoms with Crippen LogP contribution < -0.4 is 15.8 Å². The van der Waals surface area contributed by atoms with Crippen LogP contribution in [0.4, 0.5) is 5.69 Å². The maximum atomic E-state index is 12.3. The number of hydrogen-bond donors (Lipinski definition) is 2. The summed E-state index contributed by atoms with van der Waals surface area (Å²) in [5.41, 5.74) is 6.85. The Morgan fingerprint density at radius 3 is 2.80 bits per heavy atom. The van der Waals surface area contributed by atoms with Crippen molar-refractivity contribution in [2.75, 3.05) is 18.9 Å². The Morgan fingerprint density at radius 1 is 1.35 bits per heavy atom. The van der Waals surface area contributed by atoms with Crippen LogP contribution in [0.2, 0.25) is 0 Å². The van der Waals surface area contributed by atoms with Crippen molar-refractivity contribution in [1.82, 2.24) is 5.32 Å². The summed E-state index contributed by atoms with van der Waals surface area (Å²) in [4.78, 5) is 12.3. The van der Waals surface area contributed by atoms with E-state index in [1.54, 1.807) is 18.2 Å². The summed E-state index contributed by atoms with van der Waals surface area (Å²) in [6.07, 6.45) is 6.30. The molecule has 3 N–H and O–H groups in total. The number of hydrogen-bond acceptors (Lipinski definition) is 3. The molecule has 4 heteroatoms. The molecule has 20 heavy (non-hydrogen) atoms. The maximum Gasteiger partial charge on any atom is 0.257 e. The zero-order valence-corrected chi connectivity index (χ0v) is 12.2. The van der Waals surface area contributed by atoms with E-state index in [-0.39, 0.29) is 5.91 Å². The summed E-state index contributed by atoms with van der Waals surface area (Å²) in [5.74, 6) is 1.04. The van der Waals surface area contributed by atoms with Crippen LogP contribution in [0.3, 0.4) is 0 Å². The van der Waals surface area contributed by atoms with E-state index in [4.69, 9.17) is 10.5 Å². The van der Waals surface area contributed by atoms with Crippen LogP contribution in [-0.4, -0.2) is 19.1 Å². The summed E-state index contributed by atoms with van der Waals surface area (Å²) >= 11 is 0. The van der Waals surface area contributed by atoms with Gasteiger partial charge >= 0.3 is 0 Å². The summed E-state index contributed by atoms with van der Waals surface area (Å²) in [6, 6.07) is 5.33. The van der Waals surface area contributed by atoms with Gasteiger partial charge in [0.2, 0.25) is 0 Å². The van der Waals surface area contributed by atoms with E-state index in [1.165, 1.54) is 32.1 Å². The van der Waals surface area contributed by atoms with Gasteiger partial charge in [-0.1, -0.05) is 25.3 Å². The summed E-state index contributed by atoms with van der Waals surface area (Å²) in [6.45, 7) is 3.15. The topological polar surface area (TPSA) is 64.3 Å². The van der Waals surface area contributed by atoms with Gasteiger partial charge < -0.3 is 15.8 Å². The Kier molecular flexibility index (Phi) is 5.27. The lowest BCUT2D eigenvalue weighted by atomic mass is 9.89. The van der Waals surface area contributed by atoms with Crippen molar-refractivity contribution in [3.8, 4) is 5.75 Å². The first kappa shape index (κ1) is 14.7. The Bertz CT molecular complexity index is 454. The first-order chi connectivity index (χ1) is 9.72. The van der Waals surface area contributed by atoms with Gasteiger partial charge in [-0.25, -0.2) is 0 Å². The molecule has 0 spiro atoms. The molecule has 0 radical (unpaired) electrons. The number of nitrogens with two attached hydrogens (primary N) is 1. The van der Waals surface area contributed by atoms with E-state index in [2.05, 4.69) is 5.32 Å². The van der Waals surface area contributed by atoms with Gasteiger partial charge in [0.25, 0.3) is 5.91 Å². The molecule has 1 aliphatic carbocycles. The van der Waals surface area contributed by atoms with Gasteiger partial charge in [-0.3, -0.25) is 4.79 Å². The lowest BCUT2D eigenvalue weighted by molar-refractivity contribution is 0.0941. The minimum absolute atomic E-state index is 0.128. The molecule has 0 aliphatic heterocycles. The molecule has 4 nitrogen and oxygen atoms in total. The van der Waals surface area contributed by atoms with E-state index in [1.807, 2.05) is 6.92 Å². The molecule has 1 fully saturated rings. The van der Waals surface area contributed by atoms with E-state index < -0.39 is 0 Å². The first-order valence-electron chi connectivity index (χ1n) is 7.52. The fourth-order valence-electron chi connectivity index (χ4n) is 2.78. The molecule has 1 aromatic rings. The van der Waals surface area contributed by atoms with Gasteiger partial charge in [-0.2, -0.15) is 0 Å². The molecule has 110 valence electrons. The molecule has 0 atom stereocenters. The number of carbonyl (C=O) groups excluding carboxylic acids is 1. The fourth-order valence-corrected chi connectivity index (χ4v) is 2.78. The minimum atomic E-state index is -0.128. The number of nitrogens with one attached hydrogen (secondary N) is 1. The molecule has 0 saturated heterocycles. The minimum Gasteiger partial charge on any atom is -0.493 e. The normalized spacial score (nSPS) is 15.8. The quantitative estimate of drug-likeness (QED) is 0.813. The molecule has 1 aromatic carbocycles. The van der Waals surface area contributed by atoms with Gasteiger partial charge in [0, 0.05) is 12.2 Å². The fraction of sp³-hybridized carbons (Fsp3) is 0.562. The SMILES string of the molecule is CCOc1cccc(N)c1C(=O)NCC1CCCCC1. The van der Waals surface area contributed by atoms with Crippen molar-refractivity contribution in [3.63, 3.8) is 0 Å². The molecule has 0 unspecified atom stereocenters. The number of nitrogen functional groups attached to an aromatic ring is 1. The lowest BCUT2D eigenvalue weighted by Gasteiger charge is -2.22. The van der Waals surface area contributed by atoms with Crippen molar-refractivity contribution in [2.45, 2.75) is 39.0 Å². The van der Waals surface area contributed by atoms with E-state index in [0.717, 1.165) is 6.54 Å². The average Bonchev–Trinajstić information content (AvgIpc) is 2.46. The number of ether oxygens (including phenoxy) is 1. The Balaban J connectivity index is 2.00. The number of carbonyl (C=O) groups is 1.